The molecule has 160 valence electrons. The van der Waals surface area contributed by atoms with Gasteiger partial charge in [0.1, 0.15) is 11.6 Å². The molecule has 0 fully saturated rings. The molecule has 2 N–H and O–H groups in total. The van der Waals surface area contributed by atoms with Crippen LogP contribution in [0.5, 0.6) is 5.75 Å². The molecule has 1 unspecified atom stereocenters. The van der Waals surface area contributed by atoms with Crippen molar-refractivity contribution < 1.29 is 18.7 Å². The molecule has 0 saturated carbocycles. The van der Waals surface area contributed by atoms with Crippen LogP contribution in [0.1, 0.15) is 17.3 Å². The van der Waals surface area contributed by atoms with Gasteiger partial charge in [0.05, 0.1) is 23.6 Å². The molecule has 0 aromatic heterocycles. The average Bonchev–Trinajstić information content (AvgIpc) is 2.74. The molecule has 5 nitrogen and oxygen atoms in total. The zero-order valence-electron chi connectivity index (χ0n) is 16.8. The third kappa shape index (κ3) is 5.99. The first kappa shape index (κ1) is 22.7. The first-order valence-electron chi connectivity index (χ1n) is 9.34. The highest BCUT2D eigenvalue weighted by Gasteiger charge is 2.17. The minimum absolute atomic E-state index is 0.0382. The summed E-state index contributed by atoms with van der Waals surface area (Å²) in [6, 6.07) is 17.8. The molecule has 0 saturated heterocycles. The van der Waals surface area contributed by atoms with Crippen molar-refractivity contribution in [3.63, 3.8) is 0 Å². The summed E-state index contributed by atoms with van der Waals surface area (Å²) in [6.45, 7) is 1.77. The van der Waals surface area contributed by atoms with Crippen LogP contribution in [0.15, 0.2) is 71.6 Å². The fourth-order valence-corrected chi connectivity index (χ4v) is 3.86. The maximum absolute atomic E-state index is 13.8. The average molecular weight is 459 g/mol. The quantitative estimate of drug-likeness (QED) is 0.435. The number of anilines is 2. The van der Waals surface area contributed by atoms with Gasteiger partial charge in [-0.2, -0.15) is 0 Å². The van der Waals surface area contributed by atoms with Gasteiger partial charge in [0.2, 0.25) is 5.91 Å². The van der Waals surface area contributed by atoms with Crippen LogP contribution in [-0.4, -0.2) is 24.2 Å². The fourth-order valence-electron chi connectivity index (χ4n) is 2.76. The predicted molar refractivity (Wildman–Crippen MR) is 123 cm³/mol. The van der Waals surface area contributed by atoms with E-state index >= 15 is 0 Å². The van der Waals surface area contributed by atoms with E-state index in [-0.39, 0.29) is 11.5 Å². The Morgan fingerprint density at radius 1 is 1.03 bits per heavy atom. The lowest BCUT2D eigenvalue weighted by Crippen LogP contribution is -2.22. The Kier molecular flexibility index (Phi) is 7.55. The predicted octanol–water partition coefficient (Wildman–Crippen LogP) is 5.86. The molecular formula is C23H20ClFN2O3S. The summed E-state index contributed by atoms with van der Waals surface area (Å²) in [5.74, 6) is -0.856. The van der Waals surface area contributed by atoms with Gasteiger partial charge >= 0.3 is 0 Å². The van der Waals surface area contributed by atoms with Crippen molar-refractivity contribution in [3.8, 4) is 5.75 Å². The van der Waals surface area contributed by atoms with Crippen molar-refractivity contribution in [2.24, 2.45) is 0 Å². The normalized spacial score (nSPS) is 11.5. The third-order valence-electron chi connectivity index (χ3n) is 4.31. The van der Waals surface area contributed by atoms with Crippen molar-refractivity contribution >= 4 is 46.6 Å². The van der Waals surface area contributed by atoms with Crippen LogP contribution >= 0.6 is 23.4 Å². The Morgan fingerprint density at radius 3 is 2.55 bits per heavy atom. The van der Waals surface area contributed by atoms with Crippen molar-refractivity contribution in [2.75, 3.05) is 17.7 Å². The van der Waals surface area contributed by atoms with Gasteiger partial charge in [-0.15, -0.1) is 11.8 Å². The molecule has 1 atom stereocenters. The van der Waals surface area contributed by atoms with E-state index in [1.807, 2.05) is 6.07 Å². The van der Waals surface area contributed by atoms with Gasteiger partial charge in [-0.05, 0) is 55.5 Å². The zero-order chi connectivity index (χ0) is 22.4. The first-order chi connectivity index (χ1) is 14.9. The molecule has 0 bridgehead atoms. The van der Waals surface area contributed by atoms with Crippen LogP contribution < -0.4 is 15.4 Å². The molecule has 3 aromatic carbocycles. The second-order valence-corrected chi connectivity index (χ2v) is 8.41. The smallest absolute Gasteiger partial charge is 0.258 e. The minimum Gasteiger partial charge on any atom is -0.495 e. The molecule has 31 heavy (non-hydrogen) atoms. The number of nitrogens with one attached hydrogen (secondary N) is 2. The van der Waals surface area contributed by atoms with Gasteiger partial charge in [0.15, 0.2) is 0 Å². The van der Waals surface area contributed by atoms with Gasteiger partial charge < -0.3 is 15.4 Å². The summed E-state index contributed by atoms with van der Waals surface area (Å²) in [7, 11) is 1.51. The van der Waals surface area contributed by atoms with Crippen molar-refractivity contribution in [3.05, 3.63) is 83.1 Å². The van der Waals surface area contributed by atoms with E-state index in [9.17, 15) is 14.0 Å². The Labute approximate surface area is 188 Å². The van der Waals surface area contributed by atoms with Crippen LogP contribution in [-0.2, 0) is 4.79 Å². The van der Waals surface area contributed by atoms with E-state index < -0.39 is 17.0 Å². The zero-order valence-corrected chi connectivity index (χ0v) is 18.4. The molecule has 8 heteroatoms. The third-order valence-corrected chi connectivity index (χ3v) is 5.64. The van der Waals surface area contributed by atoms with Crippen LogP contribution in [0.3, 0.4) is 0 Å². The van der Waals surface area contributed by atoms with Crippen molar-refractivity contribution in [1.29, 1.82) is 0 Å². The SMILES string of the molecule is COc1ccc(Cl)cc1NC(=O)C(C)Sc1cccc(NC(=O)c2ccccc2F)c1. The van der Waals surface area contributed by atoms with Gasteiger partial charge in [-0.25, -0.2) is 4.39 Å². The lowest BCUT2D eigenvalue weighted by Gasteiger charge is -2.15. The molecule has 0 spiro atoms. The second-order valence-electron chi connectivity index (χ2n) is 6.56. The molecule has 0 aliphatic carbocycles. The van der Waals surface area contributed by atoms with E-state index in [1.165, 1.54) is 37.1 Å². The first-order valence-corrected chi connectivity index (χ1v) is 10.6. The van der Waals surface area contributed by atoms with E-state index in [2.05, 4.69) is 10.6 Å². The molecule has 2 amide bonds. The lowest BCUT2D eigenvalue weighted by molar-refractivity contribution is -0.115. The largest absolute Gasteiger partial charge is 0.495 e. The lowest BCUT2D eigenvalue weighted by atomic mass is 10.2. The molecule has 0 aliphatic rings. The molecule has 0 radical (unpaired) electrons. The summed E-state index contributed by atoms with van der Waals surface area (Å²) in [6.07, 6.45) is 0. The Bertz CT molecular complexity index is 1110. The number of carbonyl (C=O) groups is 2. The number of rotatable bonds is 7. The number of halogens is 2. The number of thioether (sulfide) groups is 1. The van der Waals surface area contributed by atoms with Gasteiger partial charge in [0.25, 0.3) is 5.91 Å². The number of amides is 2. The van der Waals surface area contributed by atoms with Gasteiger partial charge in [0, 0.05) is 15.6 Å². The Hall–Kier alpha value is -3.03. The molecule has 3 rings (SSSR count). The monoisotopic (exact) mass is 458 g/mol. The maximum atomic E-state index is 13.8. The number of benzene rings is 3. The standard InChI is InChI=1S/C23H20ClFN2O3S/c1-14(22(28)27-20-12-15(24)10-11-21(20)30-2)31-17-7-5-6-16(13-17)26-23(29)18-8-3-4-9-19(18)25/h3-14H,1-2H3,(H,26,29)(H,27,28). The topological polar surface area (TPSA) is 67.4 Å². The van der Waals surface area contributed by atoms with Crippen LogP contribution in [0, 0.1) is 5.82 Å². The number of hydrogen-bond acceptors (Lipinski definition) is 4. The fraction of sp³-hybridized carbons (Fsp3) is 0.130. The molecule has 0 heterocycles. The molecule has 3 aromatic rings. The minimum atomic E-state index is -0.590. The summed E-state index contributed by atoms with van der Waals surface area (Å²) in [4.78, 5) is 25.7. The number of hydrogen-bond donors (Lipinski definition) is 2. The number of carbonyl (C=O) groups excluding carboxylic acids is 2. The number of ether oxygens (including phenoxy) is 1. The van der Waals surface area contributed by atoms with Crippen molar-refractivity contribution in [2.45, 2.75) is 17.1 Å². The second kappa shape index (κ2) is 10.3. The summed E-state index contributed by atoms with van der Waals surface area (Å²) >= 11 is 7.33. The number of methoxy groups -OCH3 is 1. The van der Waals surface area contributed by atoms with Crippen LogP contribution in [0.2, 0.25) is 5.02 Å². The van der Waals surface area contributed by atoms with Crippen LogP contribution in [0.25, 0.3) is 0 Å². The van der Waals surface area contributed by atoms with E-state index in [0.29, 0.717) is 22.1 Å². The highest BCUT2D eigenvalue weighted by molar-refractivity contribution is 8.00. The van der Waals surface area contributed by atoms with E-state index in [0.717, 1.165) is 4.90 Å². The Morgan fingerprint density at radius 2 is 1.81 bits per heavy atom. The van der Waals surface area contributed by atoms with Gasteiger partial charge in [-0.1, -0.05) is 29.8 Å². The maximum Gasteiger partial charge on any atom is 0.258 e. The molecular weight excluding hydrogens is 439 g/mol. The van der Waals surface area contributed by atoms with Gasteiger partial charge in [-0.3, -0.25) is 9.59 Å². The van der Waals surface area contributed by atoms with Crippen molar-refractivity contribution in [1.82, 2.24) is 0 Å². The van der Waals surface area contributed by atoms with E-state index in [4.69, 9.17) is 16.3 Å². The Balaban J connectivity index is 1.66. The van der Waals surface area contributed by atoms with Crippen LogP contribution in [0.4, 0.5) is 15.8 Å². The highest BCUT2D eigenvalue weighted by Crippen LogP contribution is 2.30. The molecule has 0 aliphatic heterocycles. The highest BCUT2D eigenvalue weighted by atomic mass is 35.5. The summed E-state index contributed by atoms with van der Waals surface area (Å²) in [5, 5.41) is 5.53. The van der Waals surface area contributed by atoms with E-state index in [1.54, 1.807) is 49.4 Å². The summed E-state index contributed by atoms with van der Waals surface area (Å²) in [5.41, 5.74) is 0.949. The summed E-state index contributed by atoms with van der Waals surface area (Å²) < 4.78 is 19.1.